The summed E-state index contributed by atoms with van der Waals surface area (Å²) >= 11 is 0. The quantitative estimate of drug-likeness (QED) is 0.701. The van der Waals surface area contributed by atoms with Gasteiger partial charge in [0, 0.05) is 26.2 Å². The number of hydrogen-bond donors (Lipinski definition) is 0. The second-order valence-electron chi connectivity index (χ2n) is 4.65. The molecule has 2 rings (SSSR count). The zero-order chi connectivity index (χ0) is 12.6. The van der Waals surface area contributed by atoms with Crippen LogP contribution in [0.3, 0.4) is 0 Å². The van der Waals surface area contributed by atoms with Crippen LogP contribution in [0.2, 0.25) is 0 Å². The zero-order valence-corrected chi connectivity index (χ0v) is 10.1. The Hall–Kier alpha value is -1.65. The molecule has 1 aromatic heterocycles. The highest BCUT2D eigenvalue weighted by Gasteiger charge is 2.26. The highest BCUT2D eigenvalue weighted by atomic mass is 16.2. The third-order valence-electron chi connectivity index (χ3n) is 3.44. The van der Waals surface area contributed by atoms with Gasteiger partial charge in [0.25, 0.3) is 5.56 Å². The predicted octanol–water partition coefficient (Wildman–Crippen LogP) is 0.457. The Bertz CT molecular complexity index is 562. The number of Topliss-reactive ketones (excluding diaryl/α,β-unsaturated/α-hetero) is 1. The van der Waals surface area contributed by atoms with Crippen LogP contribution in [0.4, 0.5) is 0 Å². The van der Waals surface area contributed by atoms with Crippen LogP contribution >= 0.6 is 0 Å². The summed E-state index contributed by atoms with van der Waals surface area (Å²) < 4.78 is 2.27. The first-order chi connectivity index (χ1) is 8.02. The highest BCUT2D eigenvalue weighted by Crippen LogP contribution is 2.26. The van der Waals surface area contributed by atoms with E-state index < -0.39 is 11.2 Å². The minimum Gasteiger partial charge on any atom is -0.303 e. The van der Waals surface area contributed by atoms with E-state index in [2.05, 4.69) is 0 Å². The van der Waals surface area contributed by atoms with Gasteiger partial charge in [0.05, 0.1) is 5.56 Å². The van der Waals surface area contributed by atoms with Crippen LogP contribution < -0.4 is 11.2 Å². The first-order valence-corrected chi connectivity index (χ1v) is 5.83. The number of nitrogens with zero attached hydrogens (tertiary/aromatic N) is 2. The van der Waals surface area contributed by atoms with Gasteiger partial charge in [-0.1, -0.05) is 12.8 Å². The van der Waals surface area contributed by atoms with E-state index in [1.165, 1.54) is 17.8 Å². The van der Waals surface area contributed by atoms with Crippen LogP contribution in [-0.4, -0.2) is 14.9 Å². The van der Waals surface area contributed by atoms with E-state index in [-0.39, 0.29) is 17.3 Å². The molecule has 0 radical (unpaired) electrons. The van der Waals surface area contributed by atoms with Gasteiger partial charge in [-0.3, -0.25) is 14.2 Å². The van der Waals surface area contributed by atoms with E-state index in [1.54, 1.807) is 7.05 Å². The van der Waals surface area contributed by atoms with Crippen LogP contribution in [0.1, 0.15) is 36.0 Å². The lowest BCUT2D eigenvalue weighted by Crippen LogP contribution is -2.40. The second kappa shape index (κ2) is 4.31. The molecule has 0 aliphatic heterocycles. The minimum atomic E-state index is -0.481. The maximum absolute atomic E-state index is 12.2. The number of rotatable bonds is 2. The molecule has 1 fully saturated rings. The summed E-state index contributed by atoms with van der Waals surface area (Å²) in [5, 5.41) is 0. The lowest BCUT2D eigenvalue weighted by molar-refractivity contribution is 0.0919. The number of aryl methyl sites for hydroxylation is 1. The fourth-order valence-corrected chi connectivity index (χ4v) is 2.39. The molecular formula is C12H16N2O3. The van der Waals surface area contributed by atoms with Gasteiger partial charge in [0.2, 0.25) is 0 Å². The third kappa shape index (κ3) is 1.97. The van der Waals surface area contributed by atoms with Gasteiger partial charge in [-0.05, 0) is 12.8 Å². The molecule has 5 heteroatoms. The average Bonchev–Trinajstić information content (AvgIpc) is 2.84. The zero-order valence-electron chi connectivity index (χ0n) is 10.1. The molecule has 0 unspecified atom stereocenters. The summed E-state index contributed by atoms with van der Waals surface area (Å²) in [6.07, 6.45) is 5.16. The molecule has 0 bridgehead atoms. The monoisotopic (exact) mass is 236 g/mol. The molecule has 1 aliphatic rings. The Labute approximate surface area is 98.7 Å². The lowest BCUT2D eigenvalue weighted by Gasteiger charge is -2.09. The maximum Gasteiger partial charge on any atom is 0.330 e. The van der Waals surface area contributed by atoms with Crippen molar-refractivity contribution in [2.24, 2.45) is 20.0 Å². The predicted molar refractivity (Wildman–Crippen MR) is 63.2 cm³/mol. The van der Waals surface area contributed by atoms with Gasteiger partial charge in [0.15, 0.2) is 5.78 Å². The Kier molecular flexibility index (Phi) is 3.00. The topological polar surface area (TPSA) is 61.1 Å². The SMILES string of the molecule is Cn1cc(C(=O)C2CCCC2)c(=O)n(C)c1=O. The van der Waals surface area contributed by atoms with Gasteiger partial charge in [-0.25, -0.2) is 4.79 Å². The number of hydrogen-bond acceptors (Lipinski definition) is 3. The summed E-state index contributed by atoms with van der Waals surface area (Å²) in [5.74, 6) is -0.154. The normalized spacial score (nSPS) is 16.4. The Balaban J connectivity index is 2.49. The van der Waals surface area contributed by atoms with Crippen molar-refractivity contribution in [1.29, 1.82) is 0 Å². The molecule has 0 atom stereocenters. The molecular weight excluding hydrogens is 220 g/mol. The maximum atomic E-state index is 12.2. The van der Waals surface area contributed by atoms with E-state index >= 15 is 0 Å². The molecule has 0 N–H and O–H groups in total. The highest BCUT2D eigenvalue weighted by molar-refractivity contribution is 5.97. The van der Waals surface area contributed by atoms with Crippen molar-refractivity contribution < 1.29 is 4.79 Å². The fraction of sp³-hybridized carbons (Fsp3) is 0.583. The third-order valence-corrected chi connectivity index (χ3v) is 3.44. The molecule has 1 heterocycles. The molecule has 17 heavy (non-hydrogen) atoms. The van der Waals surface area contributed by atoms with Crippen molar-refractivity contribution >= 4 is 5.78 Å². The minimum absolute atomic E-state index is 0.0415. The number of aromatic nitrogens is 2. The molecule has 0 saturated heterocycles. The molecule has 5 nitrogen and oxygen atoms in total. The first-order valence-electron chi connectivity index (χ1n) is 5.83. The van der Waals surface area contributed by atoms with Crippen LogP contribution in [0, 0.1) is 5.92 Å². The smallest absolute Gasteiger partial charge is 0.303 e. The van der Waals surface area contributed by atoms with Crippen molar-refractivity contribution in [2.45, 2.75) is 25.7 Å². The van der Waals surface area contributed by atoms with Crippen LogP contribution in [0.5, 0.6) is 0 Å². The molecule has 0 spiro atoms. The van der Waals surface area contributed by atoms with E-state index in [9.17, 15) is 14.4 Å². The van der Waals surface area contributed by atoms with E-state index in [0.29, 0.717) is 0 Å². The standard InChI is InChI=1S/C12H16N2O3/c1-13-7-9(11(16)14(2)12(13)17)10(15)8-5-3-4-6-8/h7-8H,3-6H2,1-2H3. The van der Waals surface area contributed by atoms with Gasteiger partial charge >= 0.3 is 5.69 Å². The summed E-state index contributed by atoms with van der Waals surface area (Å²) in [6.45, 7) is 0. The Morgan fingerprint density at radius 1 is 1.24 bits per heavy atom. The van der Waals surface area contributed by atoms with Crippen molar-refractivity contribution in [1.82, 2.24) is 9.13 Å². The van der Waals surface area contributed by atoms with E-state index in [1.807, 2.05) is 0 Å². The summed E-state index contributed by atoms with van der Waals surface area (Å²) in [4.78, 5) is 35.5. The van der Waals surface area contributed by atoms with Crippen molar-refractivity contribution in [3.63, 3.8) is 0 Å². The average molecular weight is 236 g/mol. The van der Waals surface area contributed by atoms with E-state index in [4.69, 9.17) is 0 Å². The number of ketones is 1. The van der Waals surface area contributed by atoms with Crippen molar-refractivity contribution in [2.75, 3.05) is 0 Å². The summed E-state index contributed by atoms with van der Waals surface area (Å²) in [5.41, 5.74) is -0.746. The number of carbonyl (C=O) groups is 1. The first kappa shape index (κ1) is 11.8. The molecule has 0 aromatic carbocycles. The van der Waals surface area contributed by atoms with Gasteiger partial charge < -0.3 is 4.57 Å². The van der Waals surface area contributed by atoms with Gasteiger partial charge in [-0.15, -0.1) is 0 Å². The van der Waals surface area contributed by atoms with Gasteiger partial charge in [0.1, 0.15) is 0 Å². The fourth-order valence-electron chi connectivity index (χ4n) is 2.39. The van der Waals surface area contributed by atoms with E-state index in [0.717, 1.165) is 30.3 Å². The molecule has 1 saturated carbocycles. The lowest BCUT2D eigenvalue weighted by atomic mass is 9.98. The number of carbonyl (C=O) groups excluding carboxylic acids is 1. The van der Waals surface area contributed by atoms with Crippen molar-refractivity contribution in [3.8, 4) is 0 Å². The molecule has 0 amide bonds. The van der Waals surface area contributed by atoms with Crippen molar-refractivity contribution in [3.05, 3.63) is 32.6 Å². The van der Waals surface area contributed by atoms with Crippen LogP contribution in [-0.2, 0) is 14.1 Å². The largest absolute Gasteiger partial charge is 0.330 e. The van der Waals surface area contributed by atoms with Crippen LogP contribution in [0.15, 0.2) is 15.8 Å². The Morgan fingerprint density at radius 3 is 2.41 bits per heavy atom. The molecule has 1 aliphatic carbocycles. The Morgan fingerprint density at radius 2 is 1.82 bits per heavy atom. The second-order valence-corrected chi connectivity index (χ2v) is 4.65. The van der Waals surface area contributed by atoms with Gasteiger partial charge in [-0.2, -0.15) is 0 Å². The molecule has 92 valence electrons. The summed E-state index contributed by atoms with van der Waals surface area (Å²) in [6, 6.07) is 0. The summed E-state index contributed by atoms with van der Waals surface area (Å²) in [7, 11) is 2.95. The van der Waals surface area contributed by atoms with Crippen LogP contribution in [0.25, 0.3) is 0 Å². The molecule has 1 aromatic rings.